The van der Waals surface area contributed by atoms with E-state index in [0.717, 1.165) is 30.5 Å². The molecule has 0 aromatic heterocycles. The van der Waals surface area contributed by atoms with E-state index >= 15 is 0 Å². The van der Waals surface area contributed by atoms with Crippen LogP contribution in [0.3, 0.4) is 0 Å². The second-order valence-electron chi connectivity index (χ2n) is 7.39. The summed E-state index contributed by atoms with van der Waals surface area (Å²) in [5.74, 6) is 2.42. The van der Waals surface area contributed by atoms with Crippen LogP contribution in [0.4, 0.5) is 4.39 Å². The fourth-order valence-electron chi connectivity index (χ4n) is 3.88. The van der Waals surface area contributed by atoms with E-state index in [1.54, 1.807) is 12.1 Å². The summed E-state index contributed by atoms with van der Waals surface area (Å²) in [4.78, 5) is 0. The summed E-state index contributed by atoms with van der Waals surface area (Å²) in [6.07, 6.45) is 6.34. The summed E-state index contributed by atoms with van der Waals surface area (Å²) in [6, 6.07) is 8.17. The highest BCUT2D eigenvalue weighted by molar-refractivity contribution is 5.23. The summed E-state index contributed by atoms with van der Waals surface area (Å²) >= 11 is 0. The SMILES string of the molecule is CC(C)C1CCC(CNC2CC2)C(c2ccccc2F)C1. The van der Waals surface area contributed by atoms with Crippen molar-refractivity contribution in [3.8, 4) is 0 Å². The Morgan fingerprint density at radius 2 is 1.90 bits per heavy atom. The van der Waals surface area contributed by atoms with Crippen molar-refractivity contribution >= 4 is 0 Å². The predicted molar refractivity (Wildman–Crippen MR) is 85.8 cm³/mol. The molecule has 0 bridgehead atoms. The van der Waals surface area contributed by atoms with E-state index in [1.807, 2.05) is 12.1 Å². The Bertz CT molecular complexity index is 466. The lowest BCUT2D eigenvalue weighted by atomic mass is 9.68. The van der Waals surface area contributed by atoms with Crippen LogP contribution in [0.1, 0.15) is 57.4 Å². The van der Waals surface area contributed by atoms with Crippen molar-refractivity contribution in [2.75, 3.05) is 6.54 Å². The van der Waals surface area contributed by atoms with Gasteiger partial charge in [0.25, 0.3) is 0 Å². The van der Waals surface area contributed by atoms with Gasteiger partial charge in [-0.05, 0) is 74.0 Å². The second-order valence-corrected chi connectivity index (χ2v) is 7.39. The minimum atomic E-state index is -0.0108. The molecule has 2 aliphatic rings. The van der Waals surface area contributed by atoms with Crippen LogP contribution < -0.4 is 5.32 Å². The Morgan fingerprint density at radius 1 is 1.14 bits per heavy atom. The summed E-state index contributed by atoms with van der Waals surface area (Å²) in [6.45, 7) is 5.69. The molecule has 2 heteroatoms. The van der Waals surface area contributed by atoms with Crippen molar-refractivity contribution in [1.29, 1.82) is 0 Å². The minimum Gasteiger partial charge on any atom is -0.314 e. The lowest BCUT2D eigenvalue weighted by Gasteiger charge is -2.38. The number of hydrogen-bond donors (Lipinski definition) is 1. The summed E-state index contributed by atoms with van der Waals surface area (Å²) in [7, 11) is 0. The lowest BCUT2D eigenvalue weighted by molar-refractivity contribution is 0.187. The Hall–Kier alpha value is -0.890. The average molecular weight is 289 g/mol. The van der Waals surface area contributed by atoms with Gasteiger partial charge in [0.2, 0.25) is 0 Å². The largest absolute Gasteiger partial charge is 0.314 e. The quantitative estimate of drug-likeness (QED) is 0.826. The minimum absolute atomic E-state index is 0.0108. The summed E-state index contributed by atoms with van der Waals surface area (Å²) in [5, 5.41) is 3.67. The molecular weight excluding hydrogens is 261 g/mol. The topological polar surface area (TPSA) is 12.0 Å². The predicted octanol–water partition coefficient (Wildman–Crippen LogP) is 4.73. The first kappa shape index (κ1) is 15.0. The van der Waals surface area contributed by atoms with E-state index in [0.29, 0.717) is 17.8 Å². The van der Waals surface area contributed by atoms with E-state index < -0.39 is 0 Å². The highest BCUT2D eigenvalue weighted by Gasteiger charge is 2.34. The van der Waals surface area contributed by atoms with Crippen molar-refractivity contribution < 1.29 is 4.39 Å². The smallest absolute Gasteiger partial charge is 0.126 e. The first-order valence-corrected chi connectivity index (χ1v) is 8.63. The maximum absolute atomic E-state index is 14.3. The van der Waals surface area contributed by atoms with E-state index in [2.05, 4.69) is 19.2 Å². The Kier molecular flexibility index (Phi) is 4.63. The van der Waals surface area contributed by atoms with E-state index in [-0.39, 0.29) is 5.82 Å². The van der Waals surface area contributed by atoms with E-state index in [9.17, 15) is 4.39 Å². The highest BCUT2D eigenvalue weighted by Crippen LogP contribution is 2.43. The van der Waals surface area contributed by atoms with Crippen LogP contribution in [0.15, 0.2) is 24.3 Å². The molecule has 0 spiro atoms. The molecule has 0 heterocycles. The summed E-state index contributed by atoms with van der Waals surface area (Å²) < 4.78 is 14.3. The highest BCUT2D eigenvalue weighted by atomic mass is 19.1. The molecule has 3 unspecified atom stereocenters. The second kappa shape index (κ2) is 6.48. The van der Waals surface area contributed by atoms with Crippen molar-refractivity contribution in [3.05, 3.63) is 35.6 Å². The standard InChI is InChI=1S/C19H28FN/c1-13(2)14-7-8-15(12-21-16-9-10-16)18(11-14)17-5-3-4-6-19(17)20/h3-6,13-16,18,21H,7-12H2,1-2H3. The fraction of sp³-hybridized carbons (Fsp3) is 0.684. The van der Waals surface area contributed by atoms with Crippen LogP contribution in [0.5, 0.6) is 0 Å². The van der Waals surface area contributed by atoms with E-state index in [1.165, 1.54) is 25.7 Å². The van der Waals surface area contributed by atoms with Crippen LogP contribution in [0.2, 0.25) is 0 Å². The van der Waals surface area contributed by atoms with Gasteiger partial charge in [0, 0.05) is 6.04 Å². The molecule has 3 atom stereocenters. The molecular formula is C19H28FN. The average Bonchev–Trinajstić information content (AvgIpc) is 3.30. The van der Waals surface area contributed by atoms with Gasteiger partial charge in [-0.3, -0.25) is 0 Å². The van der Waals surface area contributed by atoms with Gasteiger partial charge >= 0.3 is 0 Å². The van der Waals surface area contributed by atoms with Crippen molar-refractivity contribution in [3.63, 3.8) is 0 Å². The Balaban J connectivity index is 1.76. The maximum Gasteiger partial charge on any atom is 0.126 e. The van der Waals surface area contributed by atoms with Crippen LogP contribution >= 0.6 is 0 Å². The fourth-order valence-corrected chi connectivity index (χ4v) is 3.88. The Labute approximate surface area is 128 Å². The van der Waals surface area contributed by atoms with Crippen molar-refractivity contribution in [2.45, 2.75) is 57.9 Å². The molecule has 116 valence electrons. The molecule has 2 aliphatic carbocycles. The zero-order chi connectivity index (χ0) is 14.8. The Morgan fingerprint density at radius 3 is 2.57 bits per heavy atom. The number of halogens is 1. The van der Waals surface area contributed by atoms with Gasteiger partial charge in [-0.25, -0.2) is 4.39 Å². The van der Waals surface area contributed by atoms with Gasteiger partial charge in [0.05, 0.1) is 0 Å². The first-order chi connectivity index (χ1) is 10.1. The zero-order valence-corrected chi connectivity index (χ0v) is 13.3. The maximum atomic E-state index is 14.3. The molecule has 0 saturated heterocycles. The van der Waals surface area contributed by atoms with Gasteiger partial charge < -0.3 is 5.32 Å². The lowest BCUT2D eigenvalue weighted by Crippen LogP contribution is -2.34. The van der Waals surface area contributed by atoms with Gasteiger partial charge in [0.1, 0.15) is 5.82 Å². The third-order valence-corrected chi connectivity index (χ3v) is 5.53. The molecule has 2 fully saturated rings. The molecule has 2 saturated carbocycles. The third-order valence-electron chi connectivity index (χ3n) is 5.53. The number of rotatable bonds is 5. The monoisotopic (exact) mass is 289 g/mol. The molecule has 0 radical (unpaired) electrons. The van der Waals surface area contributed by atoms with Crippen molar-refractivity contribution in [1.82, 2.24) is 5.32 Å². The molecule has 1 aromatic rings. The normalized spacial score (nSPS) is 29.8. The molecule has 21 heavy (non-hydrogen) atoms. The van der Waals surface area contributed by atoms with Gasteiger partial charge in [-0.2, -0.15) is 0 Å². The van der Waals surface area contributed by atoms with Crippen LogP contribution in [0, 0.1) is 23.6 Å². The van der Waals surface area contributed by atoms with Gasteiger partial charge in [-0.1, -0.05) is 32.0 Å². The zero-order valence-electron chi connectivity index (χ0n) is 13.3. The molecule has 1 aromatic carbocycles. The molecule has 0 aliphatic heterocycles. The molecule has 3 rings (SSSR count). The molecule has 0 amide bonds. The van der Waals surface area contributed by atoms with Crippen LogP contribution in [-0.4, -0.2) is 12.6 Å². The van der Waals surface area contributed by atoms with E-state index in [4.69, 9.17) is 0 Å². The van der Waals surface area contributed by atoms with Crippen LogP contribution in [-0.2, 0) is 0 Å². The first-order valence-electron chi connectivity index (χ1n) is 8.63. The molecule has 1 N–H and O–H groups in total. The van der Waals surface area contributed by atoms with Crippen molar-refractivity contribution in [2.24, 2.45) is 17.8 Å². The third kappa shape index (κ3) is 3.66. The van der Waals surface area contributed by atoms with Crippen LogP contribution in [0.25, 0.3) is 0 Å². The number of benzene rings is 1. The van der Waals surface area contributed by atoms with Gasteiger partial charge in [0.15, 0.2) is 0 Å². The summed E-state index contributed by atoms with van der Waals surface area (Å²) in [5.41, 5.74) is 0.949. The molecule has 1 nitrogen and oxygen atoms in total. The number of nitrogens with one attached hydrogen (secondary N) is 1. The number of hydrogen-bond acceptors (Lipinski definition) is 1. The van der Waals surface area contributed by atoms with Gasteiger partial charge in [-0.15, -0.1) is 0 Å².